The first-order valence-corrected chi connectivity index (χ1v) is 9.79. The van der Waals surface area contributed by atoms with Gasteiger partial charge >= 0.3 is 0 Å². The van der Waals surface area contributed by atoms with E-state index in [9.17, 15) is 5.11 Å². The fourth-order valence-corrected chi connectivity index (χ4v) is 3.84. The molecule has 0 heterocycles. The first kappa shape index (κ1) is 18.9. The summed E-state index contributed by atoms with van der Waals surface area (Å²) < 4.78 is 0. The van der Waals surface area contributed by atoms with Crippen molar-refractivity contribution in [1.29, 1.82) is 0 Å². The second-order valence-electron chi connectivity index (χ2n) is 7.90. The first-order valence-electron chi connectivity index (χ1n) is 9.79. The van der Waals surface area contributed by atoms with E-state index in [1.54, 1.807) is 0 Å². The monoisotopic (exact) mass is 353 g/mol. The average molecular weight is 354 g/mol. The van der Waals surface area contributed by atoms with Crippen molar-refractivity contribution in [2.45, 2.75) is 63.5 Å². The molecule has 26 heavy (non-hydrogen) atoms. The van der Waals surface area contributed by atoms with Crippen molar-refractivity contribution in [2.75, 3.05) is 11.9 Å². The Morgan fingerprint density at radius 1 is 1.00 bits per heavy atom. The third kappa shape index (κ3) is 4.46. The van der Waals surface area contributed by atoms with E-state index >= 15 is 0 Å². The van der Waals surface area contributed by atoms with Gasteiger partial charge in [-0.1, -0.05) is 50.2 Å². The normalized spacial score (nSPS) is 23.2. The van der Waals surface area contributed by atoms with Crippen LogP contribution < -0.4 is 5.32 Å². The molecule has 0 atom stereocenters. The van der Waals surface area contributed by atoms with Gasteiger partial charge in [-0.2, -0.15) is 0 Å². The zero-order chi connectivity index (χ0) is 18.6. The van der Waals surface area contributed by atoms with Crippen LogP contribution in [-0.4, -0.2) is 22.9 Å². The maximum absolute atomic E-state index is 11.1. The Morgan fingerprint density at radius 3 is 2.15 bits per heavy atom. The number of nitrogens with one attached hydrogen (secondary N) is 1. The molecule has 2 aromatic carbocycles. The van der Waals surface area contributed by atoms with Gasteiger partial charge in [0.05, 0.1) is 5.60 Å². The number of aliphatic hydroxyl groups excluding tert-OH is 1. The van der Waals surface area contributed by atoms with E-state index in [0.717, 1.165) is 42.5 Å². The largest absolute Gasteiger partial charge is 0.396 e. The van der Waals surface area contributed by atoms with Gasteiger partial charge in [0.15, 0.2) is 0 Å². The van der Waals surface area contributed by atoms with Gasteiger partial charge in [-0.3, -0.25) is 0 Å². The van der Waals surface area contributed by atoms with Gasteiger partial charge < -0.3 is 15.5 Å². The first-order chi connectivity index (χ1) is 12.5. The Hall–Kier alpha value is -1.84. The number of hydrogen-bond acceptors (Lipinski definition) is 3. The highest BCUT2D eigenvalue weighted by molar-refractivity contribution is 5.45. The molecule has 2 aromatic rings. The fourth-order valence-electron chi connectivity index (χ4n) is 3.84. The van der Waals surface area contributed by atoms with E-state index in [0.29, 0.717) is 18.4 Å². The summed E-state index contributed by atoms with van der Waals surface area (Å²) in [5.74, 6) is 0.516. The molecule has 0 saturated heterocycles. The van der Waals surface area contributed by atoms with E-state index in [1.807, 2.05) is 0 Å². The van der Waals surface area contributed by atoms with Crippen LogP contribution in [0.15, 0.2) is 48.5 Å². The van der Waals surface area contributed by atoms with E-state index in [4.69, 9.17) is 5.11 Å². The van der Waals surface area contributed by atoms with Gasteiger partial charge in [0.25, 0.3) is 0 Å². The summed E-state index contributed by atoms with van der Waals surface area (Å²) in [5, 5.41) is 23.7. The Kier molecular flexibility index (Phi) is 6.00. The lowest BCUT2D eigenvalue weighted by molar-refractivity contribution is -0.00332. The highest BCUT2D eigenvalue weighted by Gasteiger charge is 2.34. The molecule has 0 radical (unpaired) electrons. The lowest BCUT2D eigenvalue weighted by Crippen LogP contribution is -2.36. The topological polar surface area (TPSA) is 52.5 Å². The maximum Gasteiger partial charge on any atom is 0.0898 e. The van der Waals surface area contributed by atoms with Crippen molar-refractivity contribution < 1.29 is 10.2 Å². The molecule has 1 aliphatic rings. The third-order valence-corrected chi connectivity index (χ3v) is 5.65. The van der Waals surface area contributed by atoms with Crippen LogP contribution >= 0.6 is 0 Å². The summed E-state index contributed by atoms with van der Waals surface area (Å²) in [4.78, 5) is 0. The van der Waals surface area contributed by atoms with Gasteiger partial charge in [-0.25, -0.2) is 0 Å². The van der Waals surface area contributed by atoms with Crippen LogP contribution in [0, 0.1) is 0 Å². The molecule has 0 unspecified atom stereocenters. The molecule has 1 saturated carbocycles. The molecule has 0 bridgehead atoms. The average Bonchev–Trinajstić information content (AvgIpc) is 2.66. The maximum atomic E-state index is 11.1. The van der Waals surface area contributed by atoms with Crippen LogP contribution in [0.1, 0.15) is 62.1 Å². The van der Waals surface area contributed by atoms with Crippen molar-refractivity contribution in [1.82, 2.24) is 0 Å². The SMILES string of the molecule is CC(C)c1ccc(C2(O)CCC(Nc3ccc(CCO)cc3)CC2)cc1. The van der Waals surface area contributed by atoms with Crippen LogP contribution in [-0.2, 0) is 12.0 Å². The van der Waals surface area contributed by atoms with Crippen molar-refractivity contribution in [2.24, 2.45) is 0 Å². The smallest absolute Gasteiger partial charge is 0.0898 e. The molecule has 3 heteroatoms. The lowest BCUT2D eigenvalue weighted by Gasteiger charge is -2.37. The Bertz CT molecular complexity index is 683. The molecular weight excluding hydrogens is 322 g/mol. The van der Waals surface area contributed by atoms with Crippen LogP contribution in [0.25, 0.3) is 0 Å². The number of anilines is 1. The molecule has 1 aliphatic carbocycles. The summed E-state index contributed by atoms with van der Waals surface area (Å²) >= 11 is 0. The minimum Gasteiger partial charge on any atom is -0.396 e. The van der Waals surface area contributed by atoms with E-state index in [-0.39, 0.29) is 6.61 Å². The van der Waals surface area contributed by atoms with Gasteiger partial charge in [0, 0.05) is 18.3 Å². The van der Waals surface area contributed by atoms with Crippen molar-refractivity contribution >= 4 is 5.69 Å². The van der Waals surface area contributed by atoms with Gasteiger partial charge in [0.2, 0.25) is 0 Å². The predicted octanol–water partition coefficient (Wildman–Crippen LogP) is 4.59. The van der Waals surface area contributed by atoms with Gasteiger partial charge in [-0.05, 0) is 66.8 Å². The van der Waals surface area contributed by atoms with Crippen LogP contribution in [0.4, 0.5) is 5.69 Å². The third-order valence-electron chi connectivity index (χ3n) is 5.65. The minimum atomic E-state index is -0.696. The second-order valence-corrected chi connectivity index (χ2v) is 7.90. The zero-order valence-electron chi connectivity index (χ0n) is 15.9. The van der Waals surface area contributed by atoms with Gasteiger partial charge in [-0.15, -0.1) is 0 Å². The number of aliphatic hydroxyl groups is 2. The summed E-state index contributed by atoms with van der Waals surface area (Å²) in [6, 6.07) is 17.2. The summed E-state index contributed by atoms with van der Waals surface area (Å²) in [6.07, 6.45) is 4.19. The van der Waals surface area contributed by atoms with Crippen LogP contribution in [0.2, 0.25) is 0 Å². The molecule has 3 N–H and O–H groups in total. The van der Waals surface area contributed by atoms with E-state index in [1.165, 1.54) is 5.56 Å². The highest BCUT2D eigenvalue weighted by atomic mass is 16.3. The standard InChI is InChI=1S/C23H31NO2/c1-17(2)19-5-7-20(8-6-19)23(26)14-11-22(12-15-23)24-21-9-3-18(4-10-21)13-16-25/h3-10,17,22,24-26H,11-16H2,1-2H3. The molecule has 3 rings (SSSR count). The van der Waals surface area contributed by atoms with Crippen LogP contribution in [0.5, 0.6) is 0 Å². The summed E-state index contributed by atoms with van der Waals surface area (Å²) in [5.41, 5.74) is 3.94. The fraction of sp³-hybridized carbons (Fsp3) is 0.478. The number of hydrogen-bond donors (Lipinski definition) is 3. The molecule has 0 aliphatic heterocycles. The van der Waals surface area contributed by atoms with Gasteiger partial charge in [0.1, 0.15) is 0 Å². The van der Waals surface area contributed by atoms with Crippen molar-refractivity contribution in [3.8, 4) is 0 Å². The molecular formula is C23H31NO2. The second kappa shape index (κ2) is 8.24. The summed E-state index contributed by atoms with van der Waals surface area (Å²) in [7, 11) is 0. The Balaban J connectivity index is 1.57. The summed E-state index contributed by atoms with van der Waals surface area (Å²) in [6.45, 7) is 4.57. The van der Waals surface area contributed by atoms with Crippen molar-refractivity contribution in [3.63, 3.8) is 0 Å². The number of benzene rings is 2. The number of rotatable bonds is 6. The zero-order valence-corrected chi connectivity index (χ0v) is 15.9. The molecule has 1 fully saturated rings. The van der Waals surface area contributed by atoms with E-state index in [2.05, 4.69) is 67.7 Å². The Labute approximate surface area is 157 Å². The molecule has 3 nitrogen and oxygen atoms in total. The minimum absolute atomic E-state index is 0.187. The molecule has 0 aromatic heterocycles. The quantitative estimate of drug-likeness (QED) is 0.712. The molecule has 140 valence electrons. The predicted molar refractivity (Wildman–Crippen MR) is 108 cm³/mol. The highest BCUT2D eigenvalue weighted by Crippen LogP contribution is 2.38. The van der Waals surface area contributed by atoms with E-state index < -0.39 is 5.60 Å². The van der Waals surface area contributed by atoms with Crippen LogP contribution in [0.3, 0.4) is 0 Å². The lowest BCUT2D eigenvalue weighted by atomic mass is 9.77. The van der Waals surface area contributed by atoms with Crippen molar-refractivity contribution in [3.05, 3.63) is 65.2 Å². The molecule has 0 amide bonds. The Morgan fingerprint density at radius 2 is 1.62 bits per heavy atom. The molecule has 0 spiro atoms.